The zero-order valence-electron chi connectivity index (χ0n) is 40.4. The third-order valence-electron chi connectivity index (χ3n) is 11.8. The van der Waals surface area contributed by atoms with E-state index in [0.717, 1.165) is 81.8 Å². The van der Waals surface area contributed by atoms with Crippen molar-refractivity contribution >= 4 is 22.7 Å². The van der Waals surface area contributed by atoms with Crippen LogP contribution in [0.25, 0.3) is 10.8 Å². The predicted molar refractivity (Wildman–Crippen MR) is 273 cm³/mol. The zero-order valence-corrected chi connectivity index (χ0v) is 40.4. The van der Waals surface area contributed by atoms with Crippen LogP contribution in [0.4, 0.5) is 0 Å². The largest absolute Gasteiger partial charge is 0.422 e. The van der Waals surface area contributed by atoms with Gasteiger partial charge in [-0.05, 0) is 176 Å². The Labute approximate surface area is 386 Å². The van der Waals surface area contributed by atoms with Crippen LogP contribution >= 0.6 is 0 Å². The highest BCUT2D eigenvalue weighted by atomic mass is 16.5. The third kappa shape index (κ3) is 17.8. The van der Waals surface area contributed by atoms with Gasteiger partial charge >= 0.3 is 11.9 Å². The lowest BCUT2D eigenvalue weighted by Gasteiger charge is -2.19. The highest BCUT2D eigenvalue weighted by Gasteiger charge is 2.23. The molecule has 0 aliphatic heterocycles. The summed E-state index contributed by atoms with van der Waals surface area (Å²) in [5.41, 5.74) is 12.5. The molecule has 4 aromatic carbocycles. The molecule has 0 aliphatic carbocycles. The van der Waals surface area contributed by atoms with Gasteiger partial charge in [-0.1, -0.05) is 142 Å². The molecule has 338 valence electrons. The van der Waals surface area contributed by atoms with Crippen LogP contribution in [-0.4, -0.2) is 11.9 Å². The van der Waals surface area contributed by atoms with Crippen LogP contribution in [0.2, 0.25) is 0 Å². The molecule has 0 N–H and O–H groups in total. The van der Waals surface area contributed by atoms with Crippen molar-refractivity contribution in [3.8, 4) is 11.5 Å². The average molecular weight is 859 g/mol. The van der Waals surface area contributed by atoms with Crippen LogP contribution in [0, 0.1) is 6.92 Å². The molecule has 0 radical (unpaired) electrons. The quantitative estimate of drug-likeness (QED) is 0.0400. The molecule has 0 aromatic heterocycles. The Morgan fingerprint density at radius 3 is 1.09 bits per heavy atom. The number of hydrogen-bond donors (Lipinski definition) is 0. The van der Waals surface area contributed by atoms with Crippen molar-refractivity contribution in [2.24, 2.45) is 0 Å². The number of hydrogen-bond acceptors (Lipinski definition) is 4. The van der Waals surface area contributed by atoms with E-state index in [1.165, 1.54) is 45.4 Å². The third-order valence-corrected chi connectivity index (χ3v) is 11.8. The Morgan fingerprint density at radius 2 is 0.719 bits per heavy atom. The normalized spacial score (nSPS) is 13.0. The average Bonchev–Trinajstić information content (AvgIpc) is 3.27. The van der Waals surface area contributed by atoms with Crippen molar-refractivity contribution in [2.45, 2.75) is 146 Å². The number of carbonyl (C=O) groups is 2. The minimum absolute atomic E-state index is 0.431. The first kappa shape index (κ1) is 50.9. The number of fused-ring (bicyclic) bond motifs is 1. The van der Waals surface area contributed by atoms with E-state index >= 15 is 0 Å². The van der Waals surface area contributed by atoms with E-state index in [0.29, 0.717) is 39.8 Å². The van der Waals surface area contributed by atoms with Gasteiger partial charge in [-0.15, -0.1) is 0 Å². The first-order chi connectivity index (χ1) is 30.8. The molecule has 0 saturated heterocycles. The molecule has 0 bridgehead atoms. The molecule has 0 saturated carbocycles. The maximum absolute atomic E-state index is 13.5. The number of rotatable bonds is 24. The van der Waals surface area contributed by atoms with Gasteiger partial charge in [0.05, 0.1) is 11.1 Å². The Hall–Kier alpha value is -5.74. The first-order valence-electron chi connectivity index (χ1n) is 23.5. The predicted octanol–water partition coefficient (Wildman–Crippen LogP) is 17.5. The van der Waals surface area contributed by atoms with Gasteiger partial charge in [0, 0.05) is 16.3 Å². The van der Waals surface area contributed by atoms with Gasteiger partial charge in [0.15, 0.2) is 0 Å². The fourth-order valence-corrected chi connectivity index (χ4v) is 7.71. The lowest BCUT2D eigenvalue weighted by Crippen LogP contribution is -2.13. The smallest absolute Gasteiger partial charge is 0.343 e. The number of benzene rings is 4. The van der Waals surface area contributed by atoms with Crippen molar-refractivity contribution in [1.82, 2.24) is 0 Å². The molecule has 0 spiro atoms. The summed E-state index contributed by atoms with van der Waals surface area (Å²) in [6.07, 6.45) is 30.2. The molecule has 64 heavy (non-hydrogen) atoms. The topological polar surface area (TPSA) is 52.6 Å². The summed E-state index contributed by atoms with van der Waals surface area (Å²) >= 11 is 0. The molecule has 4 nitrogen and oxygen atoms in total. The van der Waals surface area contributed by atoms with E-state index in [-0.39, 0.29) is 0 Å². The fraction of sp³-hybridized carbons (Fsp3) is 0.367. The van der Waals surface area contributed by atoms with Gasteiger partial charge < -0.3 is 9.47 Å². The van der Waals surface area contributed by atoms with Gasteiger partial charge in [-0.25, -0.2) is 9.59 Å². The second-order valence-electron chi connectivity index (χ2n) is 17.8. The van der Waals surface area contributed by atoms with Crippen molar-refractivity contribution in [1.29, 1.82) is 0 Å². The molecule has 0 heterocycles. The lowest BCUT2D eigenvalue weighted by atomic mass is 9.95. The van der Waals surface area contributed by atoms with Crippen LogP contribution < -0.4 is 9.47 Å². The molecule has 4 heteroatoms. The molecule has 0 atom stereocenters. The van der Waals surface area contributed by atoms with E-state index in [1.807, 2.05) is 67.6 Å². The van der Waals surface area contributed by atoms with Crippen molar-refractivity contribution in [2.75, 3.05) is 0 Å². The Bertz CT molecular complexity index is 2360. The van der Waals surface area contributed by atoms with E-state index < -0.39 is 11.9 Å². The van der Waals surface area contributed by atoms with Gasteiger partial charge in [0.25, 0.3) is 0 Å². The molecule has 4 aromatic rings. The summed E-state index contributed by atoms with van der Waals surface area (Å²) in [7, 11) is 0. The van der Waals surface area contributed by atoms with E-state index in [4.69, 9.17) is 9.47 Å². The highest BCUT2D eigenvalue weighted by Crippen LogP contribution is 2.42. The highest BCUT2D eigenvalue weighted by molar-refractivity contribution is 6.02. The van der Waals surface area contributed by atoms with Crippen molar-refractivity contribution in [3.05, 3.63) is 189 Å². The molecular weight excluding hydrogens is 785 g/mol. The van der Waals surface area contributed by atoms with E-state index in [9.17, 15) is 9.59 Å². The molecule has 0 amide bonds. The van der Waals surface area contributed by atoms with Crippen LogP contribution in [0.5, 0.6) is 11.5 Å². The summed E-state index contributed by atoms with van der Waals surface area (Å²) in [5.74, 6) is 0.101. The molecular formula is C60H74O4. The number of carbonyl (C=O) groups excluding carboxylic acids is 2. The van der Waals surface area contributed by atoms with E-state index in [2.05, 4.69) is 97.9 Å². The lowest BCUT2D eigenvalue weighted by molar-refractivity contribution is 0.0721. The van der Waals surface area contributed by atoms with Crippen molar-refractivity contribution < 1.29 is 19.1 Å². The SMILES string of the molecule is CC(C)=CCCC(C)=CCCC(C)=CCCC(C)=CCCC(C)=CCCC(C)=CCCC(C)=CCc1c(C)c(OC(=O)c2ccccc2)c2ccccc2c1OC(=O)c1ccccc1. The van der Waals surface area contributed by atoms with Gasteiger partial charge in [-0.3, -0.25) is 0 Å². The molecule has 0 unspecified atom stereocenters. The summed E-state index contributed by atoms with van der Waals surface area (Å²) < 4.78 is 12.3. The Morgan fingerprint density at radius 1 is 0.406 bits per heavy atom. The van der Waals surface area contributed by atoms with Crippen LogP contribution in [0.1, 0.15) is 164 Å². The van der Waals surface area contributed by atoms with Crippen LogP contribution in [-0.2, 0) is 6.42 Å². The molecule has 0 aliphatic rings. The summed E-state index contributed by atoms with van der Waals surface area (Å²) in [6, 6.07) is 25.7. The molecule has 4 rings (SSSR count). The second-order valence-corrected chi connectivity index (χ2v) is 17.8. The zero-order chi connectivity index (χ0) is 46.3. The minimum Gasteiger partial charge on any atom is -0.422 e. The Kier molecular flexibility index (Phi) is 21.8. The second kappa shape index (κ2) is 27.4. The summed E-state index contributed by atoms with van der Waals surface area (Å²) in [5, 5.41) is 1.43. The van der Waals surface area contributed by atoms with E-state index in [1.54, 1.807) is 24.3 Å². The molecule has 0 fully saturated rings. The maximum Gasteiger partial charge on any atom is 0.343 e. The number of ether oxygens (including phenoxy) is 2. The number of esters is 2. The van der Waals surface area contributed by atoms with Crippen molar-refractivity contribution in [3.63, 3.8) is 0 Å². The summed E-state index contributed by atoms with van der Waals surface area (Å²) in [6.45, 7) is 19.8. The van der Waals surface area contributed by atoms with Gasteiger partial charge in [0.1, 0.15) is 11.5 Å². The Balaban J connectivity index is 1.30. The van der Waals surface area contributed by atoms with Gasteiger partial charge in [-0.2, -0.15) is 0 Å². The monoisotopic (exact) mass is 859 g/mol. The van der Waals surface area contributed by atoms with Gasteiger partial charge in [0.2, 0.25) is 0 Å². The van der Waals surface area contributed by atoms with Crippen LogP contribution in [0.15, 0.2) is 166 Å². The standard InChI is InChI=1S/C60H74O4/c1-44(2)24-18-25-45(3)26-19-27-46(4)28-20-29-47(5)30-21-31-48(6)32-22-33-49(7)34-23-35-50(8)42-43-54-51(9)57(63-59(61)52-36-12-10-13-37-52)55-40-16-17-41-56(55)58(54)64-60(62)53-38-14-11-15-39-53/h10-17,24,26,28,30,32,34,36-42H,18-23,25,27,29,31,33,35,43H2,1-9H3. The fourth-order valence-electron chi connectivity index (χ4n) is 7.71. The van der Waals surface area contributed by atoms with Crippen LogP contribution in [0.3, 0.4) is 0 Å². The summed E-state index contributed by atoms with van der Waals surface area (Å²) in [4.78, 5) is 26.8. The number of allylic oxidation sites excluding steroid dienone is 14. The first-order valence-corrected chi connectivity index (χ1v) is 23.5. The minimum atomic E-state index is -0.434. The maximum atomic E-state index is 13.5.